The van der Waals surface area contributed by atoms with Crippen molar-refractivity contribution in [2.24, 2.45) is 0 Å². The van der Waals surface area contributed by atoms with Gasteiger partial charge >= 0.3 is 0 Å². The van der Waals surface area contributed by atoms with Crippen molar-refractivity contribution >= 4 is 11.7 Å². The first-order valence-corrected chi connectivity index (χ1v) is 12.6. The van der Waals surface area contributed by atoms with Crippen LogP contribution in [0.2, 0.25) is 0 Å². The monoisotopic (exact) mass is 471 g/mol. The van der Waals surface area contributed by atoms with Crippen LogP contribution in [-0.4, -0.2) is 30.1 Å². The SMILES string of the molecule is CC(=O)NC(C)c1ccc(OC2CCN(c3nc(C4CCCCCCC4)c(F)cc3F)C2)cc1. The lowest BCUT2D eigenvalue weighted by Crippen LogP contribution is -2.27. The molecule has 0 radical (unpaired) electrons. The van der Waals surface area contributed by atoms with E-state index in [1.54, 1.807) is 0 Å². The Balaban J connectivity index is 1.41. The number of pyridine rings is 1. The molecule has 1 aliphatic heterocycles. The van der Waals surface area contributed by atoms with E-state index in [9.17, 15) is 13.6 Å². The molecule has 0 spiro atoms. The summed E-state index contributed by atoms with van der Waals surface area (Å²) in [5.74, 6) is -0.167. The molecule has 7 heteroatoms. The second-order valence-corrected chi connectivity index (χ2v) is 9.67. The average Bonchev–Trinajstić information content (AvgIpc) is 3.22. The van der Waals surface area contributed by atoms with E-state index in [1.807, 2.05) is 36.1 Å². The highest BCUT2D eigenvalue weighted by atomic mass is 19.1. The van der Waals surface area contributed by atoms with Gasteiger partial charge in [-0.05, 0) is 37.5 Å². The number of benzene rings is 1. The fraction of sp³-hybridized carbons (Fsp3) is 0.556. The number of anilines is 1. The van der Waals surface area contributed by atoms with Gasteiger partial charge in [0.25, 0.3) is 0 Å². The quantitative estimate of drug-likeness (QED) is 0.558. The van der Waals surface area contributed by atoms with Crippen LogP contribution in [0.4, 0.5) is 14.6 Å². The summed E-state index contributed by atoms with van der Waals surface area (Å²) in [5, 5.41) is 2.86. The minimum absolute atomic E-state index is 0.0627. The summed E-state index contributed by atoms with van der Waals surface area (Å²) in [5.41, 5.74) is 1.42. The van der Waals surface area contributed by atoms with E-state index in [2.05, 4.69) is 10.3 Å². The Labute approximate surface area is 200 Å². The lowest BCUT2D eigenvalue weighted by atomic mass is 9.88. The third-order valence-corrected chi connectivity index (χ3v) is 6.98. The maximum atomic E-state index is 14.7. The molecule has 1 saturated heterocycles. The third kappa shape index (κ3) is 6.05. The van der Waals surface area contributed by atoms with E-state index < -0.39 is 11.6 Å². The van der Waals surface area contributed by atoms with Crippen LogP contribution in [0.15, 0.2) is 30.3 Å². The van der Waals surface area contributed by atoms with E-state index in [-0.39, 0.29) is 29.8 Å². The van der Waals surface area contributed by atoms with Gasteiger partial charge in [-0.2, -0.15) is 0 Å². The lowest BCUT2D eigenvalue weighted by Gasteiger charge is -2.23. The number of amides is 1. The van der Waals surface area contributed by atoms with Gasteiger partial charge in [-0.15, -0.1) is 0 Å². The first kappa shape index (κ1) is 24.4. The van der Waals surface area contributed by atoms with E-state index in [4.69, 9.17) is 4.74 Å². The third-order valence-electron chi connectivity index (χ3n) is 6.98. The predicted molar refractivity (Wildman–Crippen MR) is 129 cm³/mol. The van der Waals surface area contributed by atoms with E-state index in [0.29, 0.717) is 18.8 Å². The van der Waals surface area contributed by atoms with Gasteiger partial charge in [0.1, 0.15) is 17.7 Å². The van der Waals surface area contributed by atoms with Crippen molar-refractivity contribution in [2.45, 2.75) is 83.3 Å². The van der Waals surface area contributed by atoms with Crippen molar-refractivity contribution in [3.05, 3.63) is 53.2 Å². The van der Waals surface area contributed by atoms with Gasteiger partial charge in [0.2, 0.25) is 5.91 Å². The first-order valence-electron chi connectivity index (χ1n) is 12.6. The standard InChI is InChI=1S/C27H35F2N3O2/c1-18(30-19(2)33)20-10-12-22(13-11-20)34-23-14-15-32(17-23)27-25(29)16-24(28)26(31-27)21-8-6-4-3-5-7-9-21/h10-13,16,18,21,23H,3-9,14-15,17H2,1-2H3,(H,30,33). The first-order chi connectivity index (χ1) is 16.4. The summed E-state index contributed by atoms with van der Waals surface area (Å²) in [4.78, 5) is 17.7. The van der Waals surface area contributed by atoms with E-state index in [1.165, 1.54) is 26.2 Å². The maximum Gasteiger partial charge on any atom is 0.217 e. The number of nitrogens with zero attached hydrogens (tertiary/aromatic N) is 2. The number of ether oxygens (including phenoxy) is 1. The number of nitrogens with one attached hydrogen (secondary N) is 1. The Morgan fingerprint density at radius 1 is 1.06 bits per heavy atom. The number of hydrogen-bond donors (Lipinski definition) is 1. The van der Waals surface area contributed by atoms with Crippen molar-refractivity contribution in [1.82, 2.24) is 10.3 Å². The lowest BCUT2D eigenvalue weighted by molar-refractivity contribution is -0.119. The molecular formula is C27H35F2N3O2. The number of carbonyl (C=O) groups excluding carboxylic acids is 1. The molecular weight excluding hydrogens is 436 g/mol. The molecule has 184 valence electrons. The number of hydrogen-bond acceptors (Lipinski definition) is 4. The fourth-order valence-corrected chi connectivity index (χ4v) is 5.14. The second-order valence-electron chi connectivity index (χ2n) is 9.67. The van der Waals surface area contributed by atoms with Crippen molar-refractivity contribution in [1.29, 1.82) is 0 Å². The second kappa shape index (κ2) is 11.2. The molecule has 2 atom stereocenters. The largest absolute Gasteiger partial charge is 0.489 e. The Hall–Kier alpha value is -2.70. The van der Waals surface area contributed by atoms with E-state index in [0.717, 1.165) is 49.5 Å². The molecule has 1 saturated carbocycles. The number of aromatic nitrogens is 1. The molecule has 5 nitrogen and oxygen atoms in total. The van der Waals surface area contributed by atoms with Crippen LogP contribution >= 0.6 is 0 Å². The molecule has 2 heterocycles. The summed E-state index contributed by atoms with van der Waals surface area (Å²) < 4.78 is 35.6. The molecule has 1 aromatic heterocycles. The van der Waals surface area contributed by atoms with Crippen molar-refractivity contribution in [2.75, 3.05) is 18.0 Å². The highest BCUT2D eigenvalue weighted by Crippen LogP contribution is 2.34. The van der Waals surface area contributed by atoms with Gasteiger partial charge in [0.05, 0.1) is 18.3 Å². The predicted octanol–water partition coefficient (Wildman–Crippen LogP) is 6.04. The number of halogens is 2. The normalized spacial score (nSPS) is 20.5. The summed E-state index contributed by atoms with van der Waals surface area (Å²) in [6.07, 6.45) is 8.18. The topological polar surface area (TPSA) is 54.5 Å². The highest BCUT2D eigenvalue weighted by Gasteiger charge is 2.29. The van der Waals surface area contributed by atoms with Crippen LogP contribution in [0.1, 0.15) is 88.4 Å². The molecule has 2 aromatic rings. The summed E-state index contributed by atoms with van der Waals surface area (Å²) in [6.45, 7) is 4.55. The molecule has 34 heavy (non-hydrogen) atoms. The zero-order valence-electron chi connectivity index (χ0n) is 20.2. The van der Waals surface area contributed by atoms with Crippen molar-refractivity contribution in [3.8, 4) is 5.75 Å². The van der Waals surface area contributed by atoms with Gasteiger partial charge in [0, 0.05) is 31.9 Å². The smallest absolute Gasteiger partial charge is 0.217 e. The summed E-state index contributed by atoms with van der Waals surface area (Å²) in [6, 6.07) is 8.59. The molecule has 2 fully saturated rings. The van der Waals surface area contributed by atoms with E-state index >= 15 is 0 Å². The van der Waals surface area contributed by atoms with Gasteiger partial charge in [-0.1, -0.05) is 44.2 Å². The van der Waals surface area contributed by atoms with Crippen LogP contribution in [0.25, 0.3) is 0 Å². The Bertz CT molecular complexity index is 975. The fourth-order valence-electron chi connectivity index (χ4n) is 5.14. The van der Waals surface area contributed by atoms with Crippen LogP contribution < -0.4 is 15.0 Å². The zero-order valence-corrected chi connectivity index (χ0v) is 20.2. The van der Waals surface area contributed by atoms with Crippen LogP contribution in [0.5, 0.6) is 5.75 Å². The molecule has 2 unspecified atom stereocenters. The van der Waals surface area contributed by atoms with Crippen LogP contribution in [0, 0.1) is 11.6 Å². The Morgan fingerprint density at radius 2 is 1.74 bits per heavy atom. The number of carbonyl (C=O) groups is 1. The Morgan fingerprint density at radius 3 is 2.41 bits per heavy atom. The number of rotatable bonds is 6. The molecule has 0 bridgehead atoms. The molecule has 1 amide bonds. The van der Waals surface area contributed by atoms with Crippen LogP contribution in [0.3, 0.4) is 0 Å². The summed E-state index contributed by atoms with van der Waals surface area (Å²) >= 11 is 0. The molecule has 1 aliphatic carbocycles. The minimum atomic E-state index is -0.607. The molecule has 2 aliphatic rings. The zero-order chi connectivity index (χ0) is 24.1. The Kier molecular flexibility index (Phi) is 8.01. The van der Waals surface area contributed by atoms with Gasteiger partial charge in [-0.3, -0.25) is 4.79 Å². The molecule has 1 N–H and O–H groups in total. The van der Waals surface area contributed by atoms with Gasteiger partial charge in [0.15, 0.2) is 11.6 Å². The summed E-state index contributed by atoms with van der Waals surface area (Å²) in [7, 11) is 0. The van der Waals surface area contributed by atoms with Gasteiger partial charge < -0.3 is 15.0 Å². The highest BCUT2D eigenvalue weighted by molar-refractivity contribution is 5.73. The molecule has 4 rings (SSSR count). The minimum Gasteiger partial charge on any atom is -0.489 e. The van der Waals surface area contributed by atoms with Crippen molar-refractivity contribution in [3.63, 3.8) is 0 Å². The van der Waals surface area contributed by atoms with Gasteiger partial charge in [-0.25, -0.2) is 13.8 Å². The molecule has 1 aromatic carbocycles. The van der Waals surface area contributed by atoms with Crippen LogP contribution in [-0.2, 0) is 4.79 Å². The average molecular weight is 472 g/mol. The maximum absolute atomic E-state index is 14.7. The van der Waals surface area contributed by atoms with Crippen molar-refractivity contribution < 1.29 is 18.3 Å².